The van der Waals surface area contributed by atoms with Crippen molar-refractivity contribution in [3.8, 4) is 11.8 Å². The number of amides is 1. The third-order valence-corrected chi connectivity index (χ3v) is 3.06. The molecule has 1 aromatic rings. The molecule has 0 unspecified atom stereocenters. The summed E-state index contributed by atoms with van der Waals surface area (Å²) < 4.78 is 0.856. The molecule has 1 rings (SSSR count). The molecule has 0 saturated heterocycles. The molecule has 1 aromatic heterocycles. The summed E-state index contributed by atoms with van der Waals surface area (Å²) in [5.41, 5.74) is 0.669. The number of thiophene rings is 1. The van der Waals surface area contributed by atoms with Crippen molar-refractivity contribution in [1.29, 1.82) is 0 Å². The first-order valence-corrected chi connectivity index (χ1v) is 5.33. The van der Waals surface area contributed by atoms with Gasteiger partial charge >= 0.3 is 0 Å². The van der Waals surface area contributed by atoms with Crippen molar-refractivity contribution in [3.63, 3.8) is 0 Å². The van der Waals surface area contributed by atoms with Crippen molar-refractivity contribution >= 4 is 33.2 Å². The van der Waals surface area contributed by atoms with Gasteiger partial charge in [0.25, 0.3) is 5.91 Å². The zero-order valence-corrected chi connectivity index (χ0v) is 9.46. The Kier molecular flexibility index (Phi) is 4.00. The zero-order valence-electron chi connectivity index (χ0n) is 7.06. The Balaban J connectivity index is 2.57. The van der Waals surface area contributed by atoms with Crippen molar-refractivity contribution in [3.05, 3.63) is 20.8 Å². The molecule has 0 radical (unpaired) electrons. The average Bonchev–Trinajstić information content (AvgIpc) is 2.52. The first kappa shape index (κ1) is 10.3. The molecule has 1 heterocycles. The third-order valence-electron chi connectivity index (χ3n) is 1.38. The van der Waals surface area contributed by atoms with Crippen molar-refractivity contribution in [2.45, 2.75) is 6.92 Å². The summed E-state index contributed by atoms with van der Waals surface area (Å²) in [5, 5.41) is 4.56. The lowest BCUT2D eigenvalue weighted by molar-refractivity contribution is 0.0958. The van der Waals surface area contributed by atoms with Crippen LogP contribution in [0.2, 0.25) is 0 Å². The lowest BCUT2D eigenvalue weighted by Crippen LogP contribution is -2.23. The molecular weight excluding hydrogens is 250 g/mol. The molecule has 0 fully saturated rings. The standard InChI is InChI=1S/C9H8BrNOS/c1-2-3-5-11-9(12)7-4-6-13-8(7)10/h4,6H,5H2,1H3,(H,11,12). The molecule has 0 atom stereocenters. The second kappa shape index (κ2) is 5.05. The Morgan fingerprint density at radius 1 is 1.77 bits per heavy atom. The molecule has 0 aliphatic rings. The summed E-state index contributed by atoms with van der Waals surface area (Å²) in [4.78, 5) is 11.4. The van der Waals surface area contributed by atoms with Gasteiger partial charge in [-0.2, -0.15) is 0 Å². The van der Waals surface area contributed by atoms with Gasteiger partial charge in [0.05, 0.1) is 15.9 Å². The van der Waals surface area contributed by atoms with Crippen LogP contribution >= 0.6 is 27.3 Å². The van der Waals surface area contributed by atoms with Crippen molar-refractivity contribution in [2.24, 2.45) is 0 Å². The van der Waals surface area contributed by atoms with Crippen molar-refractivity contribution < 1.29 is 4.79 Å². The van der Waals surface area contributed by atoms with Gasteiger partial charge in [-0.3, -0.25) is 4.79 Å². The van der Waals surface area contributed by atoms with E-state index in [4.69, 9.17) is 0 Å². The van der Waals surface area contributed by atoms with Gasteiger partial charge in [0.1, 0.15) is 0 Å². The lowest BCUT2D eigenvalue weighted by Gasteiger charge is -1.98. The predicted octanol–water partition coefficient (Wildman–Crippen LogP) is 2.26. The topological polar surface area (TPSA) is 29.1 Å². The Morgan fingerprint density at radius 3 is 3.08 bits per heavy atom. The fraction of sp³-hybridized carbons (Fsp3) is 0.222. The first-order chi connectivity index (χ1) is 6.25. The van der Waals surface area contributed by atoms with Gasteiger partial charge in [-0.15, -0.1) is 17.3 Å². The number of rotatable bonds is 2. The fourth-order valence-corrected chi connectivity index (χ4v) is 2.01. The number of carbonyl (C=O) groups is 1. The van der Waals surface area contributed by atoms with Gasteiger partial charge in [0, 0.05) is 0 Å². The minimum Gasteiger partial charge on any atom is -0.341 e. The largest absolute Gasteiger partial charge is 0.341 e. The summed E-state index contributed by atoms with van der Waals surface area (Å²) in [5.74, 6) is 5.39. The second-order valence-corrected chi connectivity index (χ2v) is 4.45. The van der Waals surface area contributed by atoms with Crippen LogP contribution in [0.25, 0.3) is 0 Å². The minimum atomic E-state index is -0.0872. The smallest absolute Gasteiger partial charge is 0.254 e. The Hall–Kier alpha value is -0.790. The highest BCUT2D eigenvalue weighted by atomic mass is 79.9. The minimum absolute atomic E-state index is 0.0872. The highest BCUT2D eigenvalue weighted by Gasteiger charge is 2.08. The van der Waals surface area contributed by atoms with Crippen LogP contribution in [0.5, 0.6) is 0 Å². The fourth-order valence-electron chi connectivity index (χ4n) is 0.764. The normalized spacial score (nSPS) is 8.77. The summed E-state index contributed by atoms with van der Waals surface area (Å²) in [6, 6.07) is 1.78. The number of hydrogen-bond acceptors (Lipinski definition) is 2. The van der Waals surface area contributed by atoms with Crippen LogP contribution in [0.3, 0.4) is 0 Å². The molecule has 13 heavy (non-hydrogen) atoms. The molecule has 1 amide bonds. The van der Waals surface area contributed by atoms with Crippen LogP contribution < -0.4 is 5.32 Å². The molecule has 1 N–H and O–H groups in total. The highest BCUT2D eigenvalue weighted by Crippen LogP contribution is 2.22. The van der Waals surface area contributed by atoms with E-state index < -0.39 is 0 Å². The van der Waals surface area contributed by atoms with E-state index in [1.54, 1.807) is 13.0 Å². The van der Waals surface area contributed by atoms with Crippen LogP contribution in [-0.2, 0) is 0 Å². The molecule has 2 nitrogen and oxygen atoms in total. The van der Waals surface area contributed by atoms with Crippen LogP contribution in [0, 0.1) is 11.8 Å². The third kappa shape index (κ3) is 2.87. The van der Waals surface area contributed by atoms with E-state index in [1.165, 1.54) is 11.3 Å². The molecule has 0 saturated carbocycles. The SMILES string of the molecule is CC#CCNC(=O)c1ccsc1Br. The average molecular weight is 258 g/mol. The summed E-state index contributed by atoms with van der Waals surface area (Å²) >= 11 is 4.79. The van der Waals surface area contributed by atoms with Gasteiger partial charge in [0.15, 0.2) is 0 Å². The van der Waals surface area contributed by atoms with Crippen LogP contribution in [0.15, 0.2) is 15.2 Å². The van der Waals surface area contributed by atoms with Crippen LogP contribution in [0.4, 0.5) is 0 Å². The molecule has 0 aliphatic heterocycles. The van der Waals surface area contributed by atoms with Crippen LogP contribution in [0.1, 0.15) is 17.3 Å². The Bertz CT molecular complexity index is 361. The molecule has 0 spiro atoms. The monoisotopic (exact) mass is 257 g/mol. The lowest BCUT2D eigenvalue weighted by atomic mass is 10.3. The summed E-state index contributed by atoms with van der Waals surface area (Å²) in [6.07, 6.45) is 0. The maximum atomic E-state index is 11.4. The van der Waals surface area contributed by atoms with E-state index in [0.717, 1.165) is 3.79 Å². The van der Waals surface area contributed by atoms with E-state index in [0.29, 0.717) is 12.1 Å². The Morgan fingerprint density at radius 2 is 2.54 bits per heavy atom. The van der Waals surface area contributed by atoms with E-state index in [-0.39, 0.29) is 5.91 Å². The number of halogens is 1. The van der Waals surface area contributed by atoms with Gasteiger partial charge in [-0.1, -0.05) is 5.92 Å². The highest BCUT2D eigenvalue weighted by molar-refractivity contribution is 9.11. The predicted molar refractivity (Wildman–Crippen MR) is 57.8 cm³/mol. The quantitative estimate of drug-likeness (QED) is 0.810. The molecular formula is C9H8BrNOS. The summed E-state index contributed by atoms with van der Waals surface area (Å²) in [7, 11) is 0. The first-order valence-electron chi connectivity index (χ1n) is 3.66. The Labute approximate surface area is 89.5 Å². The van der Waals surface area contributed by atoms with E-state index in [9.17, 15) is 4.79 Å². The van der Waals surface area contributed by atoms with Gasteiger partial charge in [-0.05, 0) is 34.3 Å². The maximum absolute atomic E-state index is 11.4. The van der Waals surface area contributed by atoms with Gasteiger partial charge in [-0.25, -0.2) is 0 Å². The second-order valence-electron chi connectivity index (χ2n) is 2.22. The maximum Gasteiger partial charge on any atom is 0.254 e. The number of nitrogens with one attached hydrogen (secondary N) is 1. The van der Waals surface area contributed by atoms with E-state index in [1.807, 2.05) is 5.38 Å². The van der Waals surface area contributed by atoms with E-state index in [2.05, 4.69) is 33.1 Å². The molecule has 68 valence electrons. The van der Waals surface area contributed by atoms with Crippen LogP contribution in [-0.4, -0.2) is 12.5 Å². The molecule has 0 aromatic carbocycles. The number of hydrogen-bond donors (Lipinski definition) is 1. The van der Waals surface area contributed by atoms with Crippen molar-refractivity contribution in [2.75, 3.05) is 6.54 Å². The van der Waals surface area contributed by atoms with Gasteiger partial charge in [0.2, 0.25) is 0 Å². The molecule has 0 aliphatic carbocycles. The van der Waals surface area contributed by atoms with Gasteiger partial charge < -0.3 is 5.32 Å². The number of carbonyl (C=O) groups excluding carboxylic acids is 1. The summed E-state index contributed by atoms with van der Waals surface area (Å²) in [6.45, 7) is 2.14. The van der Waals surface area contributed by atoms with E-state index >= 15 is 0 Å². The molecule has 0 bridgehead atoms. The van der Waals surface area contributed by atoms with Crippen molar-refractivity contribution in [1.82, 2.24) is 5.32 Å². The zero-order chi connectivity index (χ0) is 9.68. The molecule has 4 heteroatoms.